The molecule has 1 saturated heterocycles. The first-order valence-electron chi connectivity index (χ1n) is 3.88. The van der Waals surface area contributed by atoms with Gasteiger partial charge in [0.25, 0.3) is 0 Å². The molecule has 60 valence electrons. The molecule has 0 unspecified atom stereocenters. The van der Waals surface area contributed by atoms with Gasteiger partial charge in [-0.2, -0.15) is 0 Å². The number of ether oxygens (including phenoxy) is 1. The van der Waals surface area contributed by atoms with Crippen molar-refractivity contribution in [3.8, 4) is 0 Å². The molecule has 0 aromatic heterocycles. The number of rotatable bonds is 2. The second-order valence-corrected chi connectivity index (χ2v) is 4.10. The van der Waals surface area contributed by atoms with Crippen molar-refractivity contribution < 1.29 is 4.74 Å². The first kappa shape index (κ1) is 8.54. The molecule has 1 aliphatic heterocycles. The van der Waals surface area contributed by atoms with Crippen LogP contribution in [0, 0.1) is 5.41 Å². The third-order valence-electron chi connectivity index (χ3n) is 2.41. The van der Waals surface area contributed by atoms with Crippen molar-refractivity contribution in [1.82, 2.24) is 0 Å². The largest absolute Gasteiger partial charge is 0.377 e. The molecule has 1 nitrogen and oxygen atoms in total. The van der Waals surface area contributed by atoms with E-state index in [0.29, 0.717) is 11.5 Å². The summed E-state index contributed by atoms with van der Waals surface area (Å²) in [5.41, 5.74) is 0.457. The maximum Gasteiger partial charge on any atom is 0.0678 e. The van der Waals surface area contributed by atoms with Crippen LogP contribution in [0.2, 0.25) is 0 Å². The van der Waals surface area contributed by atoms with Gasteiger partial charge in [-0.15, -0.1) is 0 Å². The maximum atomic E-state index is 5.56. The minimum absolute atomic E-state index is 0.457. The predicted molar refractivity (Wildman–Crippen MR) is 46.5 cm³/mol. The Labute approximate surface area is 71.3 Å². The van der Waals surface area contributed by atoms with Crippen molar-refractivity contribution in [1.29, 1.82) is 0 Å². The highest BCUT2D eigenvalue weighted by molar-refractivity contribution is 9.09. The molecule has 0 amide bonds. The third-order valence-corrected chi connectivity index (χ3v) is 3.14. The minimum Gasteiger partial charge on any atom is -0.377 e. The van der Waals surface area contributed by atoms with Crippen molar-refractivity contribution in [2.75, 3.05) is 11.9 Å². The van der Waals surface area contributed by atoms with Crippen LogP contribution >= 0.6 is 15.9 Å². The number of halogens is 1. The number of hydrogen-bond acceptors (Lipinski definition) is 1. The van der Waals surface area contributed by atoms with Crippen LogP contribution < -0.4 is 0 Å². The van der Waals surface area contributed by atoms with Crippen LogP contribution in [-0.2, 0) is 4.74 Å². The van der Waals surface area contributed by atoms with Gasteiger partial charge in [-0.1, -0.05) is 29.8 Å². The molecule has 0 aliphatic carbocycles. The fraction of sp³-hybridized carbons (Fsp3) is 1.00. The van der Waals surface area contributed by atoms with Crippen molar-refractivity contribution in [2.45, 2.75) is 32.8 Å². The average molecular weight is 207 g/mol. The summed E-state index contributed by atoms with van der Waals surface area (Å²) >= 11 is 3.43. The van der Waals surface area contributed by atoms with Gasteiger partial charge < -0.3 is 4.74 Å². The molecule has 0 radical (unpaired) electrons. The van der Waals surface area contributed by atoms with Gasteiger partial charge in [0.2, 0.25) is 0 Å². The van der Waals surface area contributed by atoms with E-state index in [4.69, 9.17) is 4.74 Å². The lowest BCUT2D eigenvalue weighted by Crippen LogP contribution is -2.14. The normalized spacial score (nSPS) is 40.5. The van der Waals surface area contributed by atoms with Crippen LogP contribution in [0.15, 0.2) is 0 Å². The quantitative estimate of drug-likeness (QED) is 0.632. The zero-order valence-electron chi connectivity index (χ0n) is 6.69. The van der Waals surface area contributed by atoms with Gasteiger partial charge in [-0.3, -0.25) is 0 Å². The van der Waals surface area contributed by atoms with E-state index in [2.05, 4.69) is 29.8 Å². The number of alkyl halides is 1. The van der Waals surface area contributed by atoms with Crippen LogP contribution in [0.25, 0.3) is 0 Å². The highest BCUT2D eigenvalue weighted by Crippen LogP contribution is 2.35. The van der Waals surface area contributed by atoms with Gasteiger partial charge in [0, 0.05) is 5.33 Å². The summed E-state index contributed by atoms with van der Waals surface area (Å²) in [6.07, 6.45) is 2.91. The van der Waals surface area contributed by atoms with Crippen LogP contribution in [0.5, 0.6) is 0 Å². The SMILES string of the molecule is CC[C@]1(C)CO[C@H](CBr)C1. The molecule has 1 heterocycles. The lowest BCUT2D eigenvalue weighted by molar-refractivity contribution is 0.111. The van der Waals surface area contributed by atoms with E-state index < -0.39 is 0 Å². The first-order valence-corrected chi connectivity index (χ1v) is 5.00. The van der Waals surface area contributed by atoms with Gasteiger partial charge >= 0.3 is 0 Å². The lowest BCUT2D eigenvalue weighted by Gasteiger charge is -2.18. The van der Waals surface area contributed by atoms with E-state index >= 15 is 0 Å². The summed E-state index contributed by atoms with van der Waals surface area (Å²) in [7, 11) is 0. The third kappa shape index (κ3) is 1.73. The Kier molecular flexibility index (Phi) is 2.75. The second kappa shape index (κ2) is 3.22. The van der Waals surface area contributed by atoms with Gasteiger partial charge in [0.15, 0.2) is 0 Å². The molecule has 1 rings (SSSR count). The summed E-state index contributed by atoms with van der Waals surface area (Å²) in [5, 5.41) is 0.989. The summed E-state index contributed by atoms with van der Waals surface area (Å²) in [5.74, 6) is 0. The monoisotopic (exact) mass is 206 g/mol. The average Bonchev–Trinajstić information content (AvgIpc) is 2.33. The molecule has 10 heavy (non-hydrogen) atoms. The van der Waals surface area contributed by atoms with Crippen LogP contribution in [0.4, 0.5) is 0 Å². The first-order chi connectivity index (χ1) is 4.70. The van der Waals surface area contributed by atoms with E-state index in [1.165, 1.54) is 12.8 Å². The molecule has 0 N–H and O–H groups in total. The lowest BCUT2D eigenvalue weighted by atomic mass is 9.85. The fourth-order valence-electron chi connectivity index (χ4n) is 1.33. The summed E-state index contributed by atoms with van der Waals surface area (Å²) in [6, 6.07) is 0. The fourth-order valence-corrected chi connectivity index (χ4v) is 1.75. The minimum atomic E-state index is 0.457. The van der Waals surface area contributed by atoms with Crippen molar-refractivity contribution in [3.05, 3.63) is 0 Å². The maximum absolute atomic E-state index is 5.56. The van der Waals surface area contributed by atoms with E-state index in [0.717, 1.165) is 11.9 Å². The Morgan fingerprint density at radius 3 is 2.70 bits per heavy atom. The van der Waals surface area contributed by atoms with Gasteiger partial charge in [0.1, 0.15) is 0 Å². The van der Waals surface area contributed by atoms with E-state index in [1.54, 1.807) is 0 Å². The van der Waals surface area contributed by atoms with Crippen LogP contribution in [-0.4, -0.2) is 18.0 Å². The summed E-state index contributed by atoms with van der Waals surface area (Å²) in [6.45, 7) is 5.48. The number of hydrogen-bond donors (Lipinski definition) is 0. The Morgan fingerprint density at radius 1 is 1.70 bits per heavy atom. The highest BCUT2D eigenvalue weighted by Gasteiger charge is 2.33. The predicted octanol–water partition coefficient (Wildman–Crippen LogP) is 2.59. The molecule has 2 atom stereocenters. The van der Waals surface area contributed by atoms with Crippen molar-refractivity contribution in [2.24, 2.45) is 5.41 Å². The molecule has 0 aromatic rings. The molecule has 2 heteroatoms. The standard InChI is InChI=1S/C8H15BrO/c1-3-8(2)4-7(5-9)10-6-8/h7H,3-6H2,1-2H3/t7-,8-/m0/s1. The topological polar surface area (TPSA) is 9.23 Å². The molecule has 0 spiro atoms. The Bertz CT molecular complexity index is 116. The zero-order chi connectivity index (χ0) is 7.61. The smallest absolute Gasteiger partial charge is 0.0678 e. The molecular weight excluding hydrogens is 192 g/mol. The Balaban J connectivity index is 2.41. The Morgan fingerprint density at radius 2 is 2.40 bits per heavy atom. The zero-order valence-corrected chi connectivity index (χ0v) is 8.28. The second-order valence-electron chi connectivity index (χ2n) is 3.46. The van der Waals surface area contributed by atoms with Gasteiger partial charge in [-0.05, 0) is 18.3 Å². The molecule has 0 saturated carbocycles. The van der Waals surface area contributed by atoms with E-state index in [9.17, 15) is 0 Å². The van der Waals surface area contributed by atoms with Crippen LogP contribution in [0.1, 0.15) is 26.7 Å². The van der Waals surface area contributed by atoms with Gasteiger partial charge in [-0.25, -0.2) is 0 Å². The van der Waals surface area contributed by atoms with Gasteiger partial charge in [0.05, 0.1) is 12.7 Å². The van der Waals surface area contributed by atoms with E-state index in [-0.39, 0.29) is 0 Å². The summed E-state index contributed by atoms with van der Waals surface area (Å²) in [4.78, 5) is 0. The van der Waals surface area contributed by atoms with Crippen LogP contribution in [0.3, 0.4) is 0 Å². The molecule has 1 aliphatic rings. The molecule has 0 bridgehead atoms. The van der Waals surface area contributed by atoms with Crippen molar-refractivity contribution >= 4 is 15.9 Å². The Hall–Kier alpha value is 0.440. The summed E-state index contributed by atoms with van der Waals surface area (Å²) < 4.78 is 5.56. The van der Waals surface area contributed by atoms with E-state index in [1.807, 2.05) is 0 Å². The molecule has 1 fully saturated rings. The van der Waals surface area contributed by atoms with Crippen molar-refractivity contribution in [3.63, 3.8) is 0 Å². The molecular formula is C8H15BrO. The highest BCUT2D eigenvalue weighted by atomic mass is 79.9. The molecule has 0 aromatic carbocycles.